The van der Waals surface area contributed by atoms with Crippen molar-refractivity contribution in [2.75, 3.05) is 0 Å². The fourth-order valence-electron chi connectivity index (χ4n) is 2.85. The average Bonchev–Trinajstić information content (AvgIpc) is 2.55. The second-order valence-electron chi connectivity index (χ2n) is 6.38. The van der Waals surface area contributed by atoms with Crippen molar-refractivity contribution in [2.45, 2.75) is 71.3 Å². The van der Waals surface area contributed by atoms with Crippen molar-refractivity contribution in [3.63, 3.8) is 0 Å². The van der Waals surface area contributed by atoms with Gasteiger partial charge in [-0.2, -0.15) is 0 Å². The maximum Gasteiger partial charge on any atom is 0.222 e. The minimum absolute atomic E-state index is 0.00594. The molecule has 0 heterocycles. The van der Waals surface area contributed by atoms with Crippen LogP contribution in [-0.2, 0) is 0 Å². The molecular formula is C19H29NO3. The van der Waals surface area contributed by atoms with Crippen LogP contribution in [0.15, 0.2) is 30.3 Å². The smallest absolute Gasteiger partial charge is 0.222 e. The van der Waals surface area contributed by atoms with E-state index in [0.29, 0.717) is 5.56 Å². The lowest BCUT2D eigenvalue weighted by molar-refractivity contribution is -0.530. The topological polar surface area (TPSA) is 60.2 Å². The Morgan fingerprint density at radius 3 is 2.30 bits per heavy atom. The standard InChI is InChI=1S/C19H29NO3/c1-3-4-5-6-7-9-12-16(2)18(20(22)23)15-19(21)17-13-10-8-11-14-17/h8,10-11,13-14,16,18H,3-7,9,12,15H2,1-2H3/t16-,18+/m1/s1. The Balaban J connectivity index is 2.44. The number of unbranched alkanes of at least 4 members (excludes halogenated alkanes) is 5. The van der Waals surface area contributed by atoms with Gasteiger partial charge in [-0.1, -0.05) is 82.7 Å². The van der Waals surface area contributed by atoms with E-state index in [0.717, 1.165) is 19.3 Å². The highest BCUT2D eigenvalue weighted by Gasteiger charge is 2.30. The molecule has 0 bridgehead atoms. The van der Waals surface area contributed by atoms with Gasteiger partial charge in [0, 0.05) is 16.4 Å². The number of ketones is 1. The van der Waals surface area contributed by atoms with Crippen LogP contribution in [0.2, 0.25) is 0 Å². The molecule has 128 valence electrons. The van der Waals surface area contributed by atoms with Crippen LogP contribution >= 0.6 is 0 Å². The molecule has 0 aromatic heterocycles. The first kappa shape index (κ1) is 19.3. The van der Waals surface area contributed by atoms with Gasteiger partial charge < -0.3 is 0 Å². The van der Waals surface area contributed by atoms with Gasteiger partial charge in [0.1, 0.15) is 0 Å². The number of nitro groups is 1. The highest BCUT2D eigenvalue weighted by atomic mass is 16.6. The van der Waals surface area contributed by atoms with Gasteiger partial charge in [-0.25, -0.2) is 0 Å². The predicted octanol–water partition coefficient (Wildman–Crippen LogP) is 5.29. The number of hydrogen-bond donors (Lipinski definition) is 0. The summed E-state index contributed by atoms with van der Waals surface area (Å²) in [4.78, 5) is 23.3. The van der Waals surface area contributed by atoms with Gasteiger partial charge in [0.05, 0.1) is 6.42 Å². The zero-order valence-corrected chi connectivity index (χ0v) is 14.4. The first-order chi connectivity index (χ1) is 11.1. The van der Waals surface area contributed by atoms with Crippen LogP contribution in [-0.4, -0.2) is 16.7 Å². The molecule has 0 N–H and O–H groups in total. The van der Waals surface area contributed by atoms with Crippen molar-refractivity contribution in [3.8, 4) is 0 Å². The Morgan fingerprint density at radius 1 is 1.09 bits per heavy atom. The second-order valence-corrected chi connectivity index (χ2v) is 6.38. The number of nitrogens with zero attached hydrogens (tertiary/aromatic N) is 1. The molecule has 0 aliphatic rings. The fraction of sp³-hybridized carbons (Fsp3) is 0.632. The van der Waals surface area contributed by atoms with Crippen LogP contribution in [0, 0.1) is 16.0 Å². The van der Waals surface area contributed by atoms with Gasteiger partial charge in [0.25, 0.3) is 0 Å². The highest BCUT2D eigenvalue weighted by Crippen LogP contribution is 2.20. The van der Waals surface area contributed by atoms with Crippen molar-refractivity contribution in [3.05, 3.63) is 46.0 Å². The molecule has 0 saturated heterocycles. The SMILES string of the molecule is CCCCCCCC[C@@H](C)[C@H](CC(=O)c1ccccc1)[N+](=O)[O-]. The van der Waals surface area contributed by atoms with Crippen LogP contribution in [0.25, 0.3) is 0 Å². The van der Waals surface area contributed by atoms with E-state index in [1.165, 1.54) is 25.7 Å². The molecule has 0 unspecified atom stereocenters. The number of hydrogen-bond acceptors (Lipinski definition) is 3. The molecule has 0 fully saturated rings. The second kappa shape index (κ2) is 10.9. The van der Waals surface area contributed by atoms with Crippen LogP contribution in [0.5, 0.6) is 0 Å². The van der Waals surface area contributed by atoms with E-state index in [1.54, 1.807) is 24.3 Å². The van der Waals surface area contributed by atoms with E-state index in [4.69, 9.17) is 0 Å². The first-order valence-corrected chi connectivity index (χ1v) is 8.78. The van der Waals surface area contributed by atoms with Crippen LogP contribution in [0.4, 0.5) is 0 Å². The fourth-order valence-corrected chi connectivity index (χ4v) is 2.85. The molecule has 23 heavy (non-hydrogen) atoms. The van der Waals surface area contributed by atoms with Crippen LogP contribution in [0.3, 0.4) is 0 Å². The zero-order chi connectivity index (χ0) is 17.1. The summed E-state index contributed by atoms with van der Waals surface area (Å²) in [5.41, 5.74) is 0.561. The van der Waals surface area contributed by atoms with E-state index in [9.17, 15) is 14.9 Å². The quantitative estimate of drug-likeness (QED) is 0.227. The number of rotatable bonds is 12. The molecule has 1 rings (SSSR count). The van der Waals surface area contributed by atoms with Crippen LogP contribution < -0.4 is 0 Å². The summed E-state index contributed by atoms with van der Waals surface area (Å²) in [7, 11) is 0. The molecule has 1 aromatic rings. The minimum atomic E-state index is -0.779. The van der Waals surface area contributed by atoms with Crippen LogP contribution in [0.1, 0.15) is 75.6 Å². The van der Waals surface area contributed by atoms with Crippen molar-refractivity contribution >= 4 is 5.78 Å². The molecule has 4 heteroatoms. The predicted molar refractivity (Wildman–Crippen MR) is 93.3 cm³/mol. The Morgan fingerprint density at radius 2 is 1.70 bits per heavy atom. The van der Waals surface area contributed by atoms with Gasteiger partial charge in [-0.05, 0) is 6.42 Å². The Labute approximate surface area is 139 Å². The minimum Gasteiger partial charge on any atom is -0.294 e. The third-order valence-corrected chi connectivity index (χ3v) is 4.43. The van der Waals surface area contributed by atoms with E-state index < -0.39 is 6.04 Å². The lowest BCUT2D eigenvalue weighted by atomic mass is 9.90. The number of carbonyl (C=O) groups excluding carboxylic acids is 1. The van der Waals surface area contributed by atoms with Gasteiger partial charge >= 0.3 is 0 Å². The van der Waals surface area contributed by atoms with Crippen molar-refractivity contribution in [2.24, 2.45) is 5.92 Å². The zero-order valence-electron chi connectivity index (χ0n) is 14.4. The lowest BCUT2D eigenvalue weighted by Crippen LogP contribution is -2.30. The molecule has 2 atom stereocenters. The molecule has 0 amide bonds. The molecule has 1 aromatic carbocycles. The van der Waals surface area contributed by atoms with Gasteiger partial charge in [0.15, 0.2) is 5.78 Å². The van der Waals surface area contributed by atoms with Crippen molar-refractivity contribution < 1.29 is 9.72 Å². The van der Waals surface area contributed by atoms with Crippen molar-refractivity contribution in [1.82, 2.24) is 0 Å². The molecule has 0 spiro atoms. The summed E-state index contributed by atoms with van der Waals surface area (Å²) >= 11 is 0. The molecule has 4 nitrogen and oxygen atoms in total. The van der Waals surface area contributed by atoms with Gasteiger partial charge in [0.2, 0.25) is 6.04 Å². The Bertz CT molecular complexity index is 473. The summed E-state index contributed by atoms with van der Waals surface area (Å²) in [5.74, 6) is -0.203. The maximum atomic E-state index is 12.2. The molecule has 0 saturated carbocycles. The highest BCUT2D eigenvalue weighted by molar-refractivity contribution is 5.96. The number of carbonyl (C=O) groups is 1. The van der Waals surface area contributed by atoms with Gasteiger partial charge in [-0.15, -0.1) is 0 Å². The monoisotopic (exact) mass is 319 g/mol. The molecule has 0 aliphatic heterocycles. The van der Waals surface area contributed by atoms with E-state index in [-0.39, 0.29) is 23.0 Å². The summed E-state index contributed by atoms with van der Waals surface area (Å²) in [5, 5.41) is 11.3. The normalized spacial score (nSPS) is 13.5. The number of benzene rings is 1. The lowest BCUT2D eigenvalue weighted by Gasteiger charge is -2.16. The number of Topliss-reactive ketones (excluding diaryl/α,β-unsaturated/α-hetero) is 1. The average molecular weight is 319 g/mol. The summed E-state index contributed by atoms with van der Waals surface area (Å²) in [6, 6.07) is 8.07. The molecular weight excluding hydrogens is 290 g/mol. The molecule has 0 radical (unpaired) electrons. The Kier molecular flexibility index (Phi) is 9.18. The summed E-state index contributed by atoms with van der Waals surface area (Å²) in [6.07, 6.45) is 7.88. The maximum absolute atomic E-state index is 12.2. The van der Waals surface area contributed by atoms with Crippen molar-refractivity contribution in [1.29, 1.82) is 0 Å². The van der Waals surface area contributed by atoms with E-state index in [2.05, 4.69) is 6.92 Å². The largest absolute Gasteiger partial charge is 0.294 e. The third-order valence-electron chi connectivity index (χ3n) is 4.43. The molecule has 0 aliphatic carbocycles. The van der Waals surface area contributed by atoms with E-state index >= 15 is 0 Å². The first-order valence-electron chi connectivity index (χ1n) is 8.78. The summed E-state index contributed by atoms with van der Waals surface area (Å²) in [6.45, 7) is 4.09. The third kappa shape index (κ3) is 7.40. The summed E-state index contributed by atoms with van der Waals surface area (Å²) < 4.78 is 0. The van der Waals surface area contributed by atoms with Gasteiger partial charge in [-0.3, -0.25) is 14.9 Å². The Hall–Kier alpha value is -1.71. The van der Waals surface area contributed by atoms with E-state index in [1.807, 2.05) is 13.0 Å².